The van der Waals surface area contributed by atoms with E-state index in [-0.39, 0.29) is 11.2 Å². The molecular weight excluding hydrogens is 659 g/mol. The predicted molar refractivity (Wildman–Crippen MR) is 193 cm³/mol. The fourth-order valence-electron chi connectivity index (χ4n) is 8.75. The number of aromatic nitrogens is 9. The zero-order valence-corrected chi connectivity index (χ0v) is 29.7. The molecule has 4 aromatic heterocycles. The lowest BCUT2D eigenvalue weighted by Gasteiger charge is -2.57. The Morgan fingerprint density at radius 3 is 2.63 bits per heavy atom. The van der Waals surface area contributed by atoms with Gasteiger partial charge in [0.25, 0.3) is 5.88 Å². The Bertz CT molecular complexity index is 2070. The largest absolute Gasteiger partial charge is 0.434 e. The maximum absolute atomic E-state index is 14.6. The molecule has 6 heterocycles. The number of H-pyrrole nitrogens is 1. The third kappa shape index (κ3) is 6.33. The van der Waals surface area contributed by atoms with Gasteiger partial charge in [-0.05, 0) is 81.2 Å². The number of rotatable bonds is 11. The van der Waals surface area contributed by atoms with Gasteiger partial charge in [0, 0.05) is 78.2 Å². The van der Waals surface area contributed by atoms with Crippen molar-refractivity contribution < 1.29 is 9.13 Å². The number of hydrogen-bond acceptors (Lipinski definition) is 12. The Hall–Kier alpha value is -5.11. The highest BCUT2D eigenvalue weighted by Gasteiger charge is 2.53. The van der Waals surface area contributed by atoms with Crippen molar-refractivity contribution in [3.8, 4) is 34.0 Å². The van der Waals surface area contributed by atoms with Gasteiger partial charge in [0.05, 0.1) is 17.6 Å². The Morgan fingerprint density at radius 2 is 1.85 bits per heavy atom. The first kappa shape index (κ1) is 32.8. The number of benzene rings is 1. The Kier molecular flexibility index (Phi) is 8.28. The van der Waals surface area contributed by atoms with Gasteiger partial charge in [-0.1, -0.05) is 13.8 Å². The highest BCUT2D eigenvalue weighted by atomic mass is 19.1. The summed E-state index contributed by atoms with van der Waals surface area (Å²) in [4.78, 5) is 18.4. The maximum atomic E-state index is 14.6. The van der Waals surface area contributed by atoms with Gasteiger partial charge >= 0.3 is 0 Å². The summed E-state index contributed by atoms with van der Waals surface area (Å²) >= 11 is 0. The summed E-state index contributed by atoms with van der Waals surface area (Å²) in [6.07, 6.45) is 12.0. The van der Waals surface area contributed by atoms with Crippen LogP contribution in [0.4, 0.5) is 16.0 Å². The van der Waals surface area contributed by atoms with E-state index in [0.717, 1.165) is 92.3 Å². The SMILES string of the molecule is Cc1cc(-c2cnnc(NC3CC([C@@H](C(C)C)N4CC5(CCN(c6ncnnc6Oc6ccc(F)cc6-c6cncnc6C6CC6)C5)C4)C3)c2)n[nH]1. The van der Waals surface area contributed by atoms with E-state index in [9.17, 15) is 4.39 Å². The van der Waals surface area contributed by atoms with E-state index < -0.39 is 0 Å². The van der Waals surface area contributed by atoms with Crippen LogP contribution in [0, 0.1) is 30.0 Å². The molecule has 4 aliphatic rings. The molecule has 4 fully saturated rings. The first-order chi connectivity index (χ1) is 25.3. The zero-order valence-electron chi connectivity index (χ0n) is 29.7. The van der Waals surface area contributed by atoms with Crippen molar-refractivity contribution in [2.45, 2.75) is 70.9 Å². The summed E-state index contributed by atoms with van der Waals surface area (Å²) in [5.41, 5.74) is 5.35. The van der Waals surface area contributed by atoms with Gasteiger partial charge in [0.2, 0.25) is 0 Å². The standard InChI is InChI=1S/C38H43FN12O/c1-22(2)35(25-11-28(12-25)45-33-13-26(15-43-48-33)31-10-23(3)46-47-31)51-18-38(19-51)8-9-50(17-38)36-37(49-44-21-42-36)52-32-7-6-27(39)14-29(32)30-16-40-20-41-34(30)24-4-5-24/h6-7,10,13-16,20-22,24-25,28,35H,4-5,8-9,11-12,17-19H2,1-3H3,(H,45,48)(H,46,47)/t25?,28?,35-/m1/s1. The number of aryl methyl sites for hydroxylation is 1. The Morgan fingerprint density at radius 1 is 0.981 bits per heavy atom. The number of ether oxygens (including phenoxy) is 1. The molecule has 0 radical (unpaired) electrons. The van der Waals surface area contributed by atoms with Crippen molar-refractivity contribution in [1.29, 1.82) is 0 Å². The first-order valence-corrected chi connectivity index (χ1v) is 18.4. The normalized spacial score (nSPS) is 21.6. The van der Waals surface area contributed by atoms with Crippen LogP contribution in [0.25, 0.3) is 22.4 Å². The molecule has 0 unspecified atom stereocenters. The second kappa shape index (κ2) is 13.1. The van der Waals surface area contributed by atoms with Crippen molar-refractivity contribution in [2.75, 3.05) is 36.4 Å². The number of hydrogen-bond donors (Lipinski definition) is 2. The summed E-state index contributed by atoms with van der Waals surface area (Å²) in [7, 11) is 0. The van der Waals surface area contributed by atoms with Crippen molar-refractivity contribution in [3.05, 3.63) is 72.6 Å². The van der Waals surface area contributed by atoms with Crippen LogP contribution < -0.4 is 15.0 Å². The van der Waals surface area contributed by atoms with Gasteiger partial charge in [-0.25, -0.2) is 19.3 Å². The number of likely N-dealkylation sites (tertiary alicyclic amines) is 1. The van der Waals surface area contributed by atoms with E-state index in [0.29, 0.717) is 52.8 Å². The van der Waals surface area contributed by atoms with Crippen LogP contribution in [-0.2, 0) is 0 Å². The molecule has 0 bridgehead atoms. The first-order valence-electron chi connectivity index (χ1n) is 18.4. The van der Waals surface area contributed by atoms with E-state index in [1.54, 1.807) is 24.8 Å². The third-order valence-corrected chi connectivity index (χ3v) is 11.3. The van der Waals surface area contributed by atoms with Crippen molar-refractivity contribution >= 4 is 11.6 Å². The fraction of sp³-hybridized carbons (Fsp3) is 0.474. The molecule has 1 aromatic carbocycles. The third-order valence-electron chi connectivity index (χ3n) is 11.3. The summed E-state index contributed by atoms with van der Waals surface area (Å²) in [6, 6.07) is 9.49. The fourth-order valence-corrected chi connectivity index (χ4v) is 8.75. The Balaban J connectivity index is 0.845. The smallest absolute Gasteiger partial charge is 0.282 e. The van der Waals surface area contributed by atoms with Crippen LogP contribution in [0.15, 0.2) is 55.4 Å². The zero-order chi connectivity index (χ0) is 35.4. The number of nitrogens with one attached hydrogen (secondary N) is 2. The van der Waals surface area contributed by atoms with Crippen molar-refractivity contribution in [3.63, 3.8) is 0 Å². The minimum absolute atomic E-state index is 0.193. The van der Waals surface area contributed by atoms with E-state index in [4.69, 9.17) is 4.74 Å². The molecule has 2 saturated carbocycles. The van der Waals surface area contributed by atoms with E-state index in [1.165, 1.54) is 18.5 Å². The maximum Gasteiger partial charge on any atom is 0.282 e. The number of aromatic amines is 1. The topological polar surface area (TPSA) is 147 Å². The van der Waals surface area contributed by atoms with E-state index in [1.807, 2.05) is 19.1 Å². The Labute approximate surface area is 301 Å². The molecule has 2 aliphatic carbocycles. The number of nitrogens with zero attached hydrogens (tertiary/aromatic N) is 10. The summed E-state index contributed by atoms with van der Waals surface area (Å²) in [5.74, 6) is 3.44. The van der Waals surface area contributed by atoms with Gasteiger partial charge in [-0.15, -0.1) is 15.3 Å². The molecule has 0 amide bonds. The van der Waals surface area contributed by atoms with Crippen LogP contribution in [0.3, 0.4) is 0 Å². The second-order valence-corrected chi connectivity index (χ2v) is 15.6. The highest BCUT2D eigenvalue weighted by molar-refractivity contribution is 5.73. The highest BCUT2D eigenvalue weighted by Crippen LogP contribution is 2.49. The molecule has 2 aliphatic heterocycles. The number of halogens is 1. The van der Waals surface area contributed by atoms with Crippen LogP contribution in [-0.4, -0.2) is 88.7 Å². The monoisotopic (exact) mass is 702 g/mol. The summed E-state index contributed by atoms with van der Waals surface area (Å²) < 4.78 is 21.0. The van der Waals surface area contributed by atoms with Crippen LogP contribution in [0.1, 0.15) is 63.3 Å². The van der Waals surface area contributed by atoms with Gasteiger partial charge in [0.1, 0.15) is 30.0 Å². The molecular formula is C38H43FN12O. The second-order valence-electron chi connectivity index (χ2n) is 15.6. The van der Waals surface area contributed by atoms with E-state index >= 15 is 0 Å². The van der Waals surface area contributed by atoms with Crippen LogP contribution in [0.5, 0.6) is 11.6 Å². The van der Waals surface area contributed by atoms with Crippen molar-refractivity contribution in [2.24, 2.45) is 17.3 Å². The van der Waals surface area contributed by atoms with E-state index in [2.05, 4.69) is 74.5 Å². The molecule has 1 atom stereocenters. The molecule has 5 aromatic rings. The molecule has 1 spiro atoms. The molecule has 268 valence electrons. The summed E-state index contributed by atoms with van der Waals surface area (Å²) in [5, 5.41) is 28.0. The molecule has 2 saturated heterocycles. The lowest BCUT2D eigenvalue weighted by atomic mass is 9.68. The summed E-state index contributed by atoms with van der Waals surface area (Å²) in [6.45, 7) is 10.6. The van der Waals surface area contributed by atoms with Gasteiger partial charge in [-0.3, -0.25) is 10.00 Å². The van der Waals surface area contributed by atoms with Crippen LogP contribution in [0.2, 0.25) is 0 Å². The minimum Gasteiger partial charge on any atom is -0.434 e. The molecule has 52 heavy (non-hydrogen) atoms. The van der Waals surface area contributed by atoms with Crippen molar-refractivity contribution in [1.82, 2.24) is 50.4 Å². The quantitative estimate of drug-likeness (QED) is 0.165. The van der Waals surface area contributed by atoms with Gasteiger partial charge in [-0.2, -0.15) is 10.2 Å². The minimum atomic E-state index is -0.352. The van der Waals surface area contributed by atoms with Gasteiger partial charge in [0.15, 0.2) is 5.82 Å². The molecule has 2 N–H and O–H groups in total. The molecule has 14 heteroatoms. The average molecular weight is 703 g/mol. The molecule has 13 nitrogen and oxygen atoms in total. The predicted octanol–water partition coefficient (Wildman–Crippen LogP) is 6.05. The number of anilines is 2. The lowest BCUT2D eigenvalue weighted by Crippen LogP contribution is -2.65. The lowest BCUT2D eigenvalue weighted by molar-refractivity contribution is -0.0656. The van der Waals surface area contributed by atoms with Gasteiger partial charge < -0.3 is 15.0 Å². The van der Waals surface area contributed by atoms with Crippen LogP contribution >= 0.6 is 0 Å². The average Bonchev–Trinajstić information content (AvgIpc) is 3.72. The molecule has 9 rings (SSSR count).